The van der Waals surface area contributed by atoms with Crippen molar-refractivity contribution in [1.82, 2.24) is 0 Å². The standard InChI is InChI=1S/C12H15F3O/c1-8-3-6-11(12(13,14)15)10(7-8)5-4-9(2)16/h4-5,7-8,11H,3,6H2,1-2H3. The zero-order chi connectivity index (χ0) is 12.3. The topological polar surface area (TPSA) is 17.1 Å². The Balaban J connectivity index is 2.93. The van der Waals surface area contributed by atoms with Gasteiger partial charge < -0.3 is 0 Å². The van der Waals surface area contributed by atoms with Crippen molar-refractivity contribution in [2.75, 3.05) is 0 Å². The molecule has 4 heteroatoms. The van der Waals surface area contributed by atoms with Gasteiger partial charge in [0.2, 0.25) is 0 Å². The minimum absolute atomic E-state index is 0.110. The Morgan fingerprint density at radius 1 is 1.44 bits per heavy atom. The number of rotatable bonds is 2. The molecular formula is C12H15F3O. The highest BCUT2D eigenvalue weighted by molar-refractivity contribution is 5.87. The van der Waals surface area contributed by atoms with Crippen molar-refractivity contribution < 1.29 is 18.0 Å². The van der Waals surface area contributed by atoms with Crippen molar-refractivity contribution in [3.63, 3.8) is 0 Å². The van der Waals surface area contributed by atoms with Crippen molar-refractivity contribution in [2.24, 2.45) is 11.8 Å². The van der Waals surface area contributed by atoms with Gasteiger partial charge >= 0.3 is 6.18 Å². The van der Waals surface area contributed by atoms with Crippen LogP contribution in [0.2, 0.25) is 0 Å². The molecule has 0 saturated heterocycles. The molecule has 1 nitrogen and oxygen atoms in total. The Kier molecular flexibility index (Phi) is 3.94. The summed E-state index contributed by atoms with van der Waals surface area (Å²) in [4.78, 5) is 10.7. The largest absolute Gasteiger partial charge is 0.395 e. The average molecular weight is 232 g/mol. The van der Waals surface area contributed by atoms with Crippen molar-refractivity contribution >= 4 is 5.78 Å². The van der Waals surface area contributed by atoms with Crippen LogP contribution in [0.4, 0.5) is 13.2 Å². The first-order valence-electron chi connectivity index (χ1n) is 5.27. The van der Waals surface area contributed by atoms with Gasteiger partial charge in [0, 0.05) is 0 Å². The number of halogens is 3. The number of ketones is 1. The molecule has 0 spiro atoms. The Morgan fingerprint density at radius 3 is 2.56 bits per heavy atom. The summed E-state index contributed by atoms with van der Waals surface area (Å²) in [6.45, 7) is 3.21. The minimum atomic E-state index is -4.22. The fraction of sp³-hybridized carbons (Fsp3) is 0.583. The lowest BCUT2D eigenvalue weighted by atomic mass is 9.82. The van der Waals surface area contributed by atoms with Crippen molar-refractivity contribution in [3.05, 3.63) is 23.8 Å². The van der Waals surface area contributed by atoms with Crippen LogP contribution in [0, 0.1) is 11.8 Å². The van der Waals surface area contributed by atoms with E-state index in [0.29, 0.717) is 6.42 Å². The first-order chi connectivity index (χ1) is 7.30. The number of carbonyl (C=O) groups excluding carboxylic acids is 1. The quantitative estimate of drug-likeness (QED) is 0.664. The third-order valence-corrected chi connectivity index (χ3v) is 2.70. The van der Waals surface area contributed by atoms with Crippen LogP contribution in [-0.4, -0.2) is 12.0 Å². The van der Waals surface area contributed by atoms with Gasteiger partial charge in [-0.2, -0.15) is 13.2 Å². The highest BCUT2D eigenvalue weighted by Gasteiger charge is 2.42. The van der Waals surface area contributed by atoms with Crippen LogP contribution >= 0.6 is 0 Å². The zero-order valence-electron chi connectivity index (χ0n) is 9.34. The second kappa shape index (κ2) is 4.85. The highest BCUT2D eigenvalue weighted by atomic mass is 19.4. The SMILES string of the molecule is CC(=O)C=CC1=CC(C)CCC1C(F)(F)F. The second-order valence-corrected chi connectivity index (χ2v) is 4.26. The number of carbonyl (C=O) groups is 1. The van der Waals surface area contributed by atoms with Crippen molar-refractivity contribution in [2.45, 2.75) is 32.9 Å². The highest BCUT2D eigenvalue weighted by Crippen LogP contribution is 2.40. The van der Waals surface area contributed by atoms with Crippen molar-refractivity contribution in [1.29, 1.82) is 0 Å². The molecule has 90 valence electrons. The number of hydrogen-bond donors (Lipinski definition) is 0. The van der Waals surface area contributed by atoms with Gasteiger partial charge in [0.15, 0.2) is 5.78 Å². The molecule has 0 aromatic carbocycles. The Bertz CT molecular complexity index is 326. The molecule has 2 atom stereocenters. The Hall–Kier alpha value is -1.06. The molecule has 0 aromatic rings. The van der Waals surface area contributed by atoms with Crippen LogP contribution in [0.15, 0.2) is 23.8 Å². The summed E-state index contributed by atoms with van der Waals surface area (Å²) >= 11 is 0. The first-order valence-corrected chi connectivity index (χ1v) is 5.27. The van der Waals surface area contributed by atoms with E-state index in [0.717, 1.165) is 0 Å². The van der Waals surface area contributed by atoms with E-state index in [-0.39, 0.29) is 23.7 Å². The summed E-state index contributed by atoms with van der Waals surface area (Å²) in [5, 5.41) is 0. The number of hydrogen-bond acceptors (Lipinski definition) is 1. The fourth-order valence-corrected chi connectivity index (χ4v) is 1.86. The van der Waals surface area contributed by atoms with Gasteiger partial charge in [0.25, 0.3) is 0 Å². The average Bonchev–Trinajstić information content (AvgIpc) is 2.12. The summed E-state index contributed by atoms with van der Waals surface area (Å²) in [6, 6.07) is 0. The molecule has 1 rings (SSSR count). The molecule has 0 aliphatic heterocycles. The van der Waals surface area contributed by atoms with E-state index >= 15 is 0 Å². The van der Waals surface area contributed by atoms with E-state index < -0.39 is 12.1 Å². The fourth-order valence-electron chi connectivity index (χ4n) is 1.86. The van der Waals surface area contributed by atoms with Gasteiger partial charge in [-0.25, -0.2) is 0 Å². The molecule has 0 bridgehead atoms. The van der Waals surface area contributed by atoms with Crippen molar-refractivity contribution in [3.8, 4) is 0 Å². The van der Waals surface area contributed by atoms with E-state index in [1.807, 2.05) is 6.92 Å². The Morgan fingerprint density at radius 2 is 2.06 bits per heavy atom. The van der Waals surface area contributed by atoms with Gasteiger partial charge in [0.1, 0.15) is 0 Å². The summed E-state index contributed by atoms with van der Waals surface area (Å²) in [7, 11) is 0. The van der Waals surface area contributed by atoms with Gasteiger partial charge in [-0.15, -0.1) is 0 Å². The molecule has 0 fully saturated rings. The zero-order valence-corrected chi connectivity index (χ0v) is 9.34. The lowest BCUT2D eigenvalue weighted by Crippen LogP contribution is -2.27. The molecule has 1 aliphatic rings. The molecular weight excluding hydrogens is 217 g/mol. The molecule has 0 N–H and O–H groups in total. The molecule has 0 saturated carbocycles. The maximum Gasteiger partial charge on any atom is 0.395 e. The molecule has 16 heavy (non-hydrogen) atoms. The third-order valence-electron chi connectivity index (χ3n) is 2.70. The lowest BCUT2D eigenvalue weighted by molar-refractivity contribution is -0.166. The van der Waals surface area contributed by atoms with Crippen LogP contribution in [0.1, 0.15) is 26.7 Å². The van der Waals surface area contributed by atoms with Gasteiger partial charge in [-0.1, -0.05) is 19.1 Å². The first kappa shape index (κ1) is 13.0. The summed E-state index contributed by atoms with van der Waals surface area (Å²) in [5.41, 5.74) is 0.224. The summed E-state index contributed by atoms with van der Waals surface area (Å²) in [5.74, 6) is -1.51. The predicted octanol–water partition coefficient (Wildman–Crippen LogP) is 3.67. The molecule has 0 radical (unpaired) electrons. The second-order valence-electron chi connectivity index (χ2n) is 4.26. The lowest BCUT2D eigenvalue weighted by Gasteiger charge is -2.27. The van der Waals surface area contributed by atoms with Gasteiger partial charge in [0.05, 0.1) is 5.92 Å². The third kappa shape index (κ3) is 3.51. The van der Waals surface area contributed by atoms with Crippen LogP contribution in [-0.2, 0) is 4.79 Å². The minimum Gasteiger partial charge on any atom is -0.295 e. The van der Waals surface area contributed by atoms with Crippen LogP contribution < -0.4 is 0 Å². The predicted molar refractivity (Wildman–Crippen MR) is 55.8 cm³/mol. The number of allylic oxidation sites excluding steroid dienone is 4. The molecule has 0 aromatic heterocycles. The van der Waals surface area contributed by atoms with Gasteiger partial charge in [-0.05, 0) is 37.3 Å². The van der Waals surface area contributed by atoms with E-state index in [1.54, 1.807) is 6.08 Å². The number of alkyl halides is 3. The summed E-state index contributed by atoms with van der Waals surface area (Å²) < 4.78 is 38.0. The van der Waals surface area contributed by atoms with E-state index in [1.165, 1.54) is 19.1 Å². The van der Waals surface area contributed by atoms with E-state index in [4.69, 9.17) is 0 Å². The maximum absolute atomic E-state index is 12.7. The maximum atomic E-state index is 12.7. The van der Waals surface area contributed by atoms with Crippen LogP contribution in [0.3, 0.4) is 0 Å². The molecule has 1 aliphatic carbocycles. The van der Waals surface area contributed by atoms with E-state index in [9.17, 15) is 18.0 Å². The van der Waals surface area contributed by atoms with E-state index in [2.05, 4.69) is 0 Å². The summed E-state index contributed by atoms with van der Waals surface area (Å²) in [6.07, 6.45) is 0.549. The molecule has 0 amide bonds. The molecule has 0 heterocycles. The normalized spacial score (nSPS) is 26.9. The van der Waals surface area contributed by atoms with Crippen LogP contribution in [0.5, 0.6) is 0 Å². The Labute approximate surface area is 93.0 Å². The molecule has 2 unspecified atom stereocenters. The monoisotopic (exact) mass is 232 g/mol. The van der Waals surface area contributed by atoms with Crippen LogP contribution in [0.25, 0.3) is 0 Å². The smallest absolute Gasteiger partial charge is 0.295 e. The van der Waals surface area contributed by atoms with Gasteiger partial charge in [-0.3, -0.25) is 4.79 Å².